The summed E-state index contributed by atoms with van der Waals surface area (Å²) in [5.41, 5.74) is 12.6. The third-order valence-electron chi connectivity index (χ3n) is 9.15. The van der Waals surface area contributed by atoms with Crippen molar-refractivity contribution in [2.45, 2.75) is 19.3 Å². The first-order chi connectivity index (χ1) is 22.0. The van der Waals surface area contributed by atoms with Gasteiger partial charge in [-0.05, 0) is 62.4 Å². The highest BCUT2D eigenvalue weighted by molar-refractivity contribution is 5.96. The van der Waals surface area contributed by atoms with Crippen molar-refractivity contribution >= 4 is 10.8 Å². The number of hydrogen-bond acceptors (Lipinski definition) is 3. The van der Waals surface area contributed by atoms with Crippen LogP contribution in [0.4, 0.5) is 0 Å². The van der Waals surface area contributed by atoms with E-state index in [4.69, 9.17) is 9.97 Å². The molecule has 0 unspecified atom stereocenters. The zero-order valence-corrected chi connectivity index (χ0v) is 25.1. The van der Waals surface area contributed by atoms with Gasteiger partial charge in [-0.1, -0.05) is 135 Å². The summed E-state index contributed by atoms with van der Waals surface area (Å²) < 4.78 is 0. The van der Waals surface area contributed by atoms with E-state index in [2.05, 4.69) is 129 Å². The van der Waals surface area contributed by atoms with Crippen LogP contribution in [0.3, 0.4) is 0 Å². The second-order valence-electron chi connectivity index (χ2n) is 12.2. The van der Waals surface area contributed by atoms with Crippen molar-refractivity contribution in [3.63, 3.8) is 0 Å². The normalized spacial score (nSPS) is 12.8. The van der Waals surface area contributed by atoms with E-state index < -0.39 is 0 Å². The Hall–Kier alpha value is -5.85. The van der Waals surface area contributed by atoms with Gasteiger partial charge >= 0.3 is 0 Å². The first kappa shape index (κ1) is 26.8. The summed E-state index contributed by atoms with van der Waals surface area (Å²) in [4.78, 5) is 10.2. The van der Waals surface area contributed by atoms with E-state index in [1.165, 1.54) is 22.3 Å². The monoisotopic (exact) mass is 575 g/mol. The molecule has 7 aromatic rings. The summed E-state index contributed by atoms with van der Waals surface area (Å²) in [6.45, 7) is 4.53. The molecule has 0 saturated heterocycles. The maximum Gasteiger partial charge on any atom is 0.161 e. The Balaban J connectivity index is 1.26. The molecule has 3 heteroatoms. The van der Waals surface area contributed by atoms with Gasteiger partial charge in [-0.3, -0.25) is 0 Å². The van der Waals surface area contributed by atoms with Gasteiger partial charge in [0.15, 0.2) is 5.82 Å². The molecule has 0 atom stereocenters. The second-order valence-corrected chi connectivity index (χ2v) is 12.2. The molecule has 1 aliphatic carbocycles. The SMILES string of the molecule is CC1(C)c2ccc(C#N)cc2-c2c(-c3ccc(-c4cc(-c5ccccc5)nc(-c5cccc6ccccc56)n4)cc3)cccc21. The lowest BCUT2D eigenvalue weighted by Crippen LogP contribution is -2.14. The number of nitrogens with zero attached hydrogens (tertiary/aromatic N) is 3. The van der Waals surface area contributed by atoms with Gasteiger partial charge < -0.3 is 0 Å². The first-order valence-corrected chi connectivity index (χ1v) is 15.2. The van der Waals surface area contributed by atoms with Crippen molar-refractivity contribution in [3.05, 3.63) is 156 Å². The number of rotatable bonds is 4. The Labute approximate surface area is 263 Å². The highest BCUT2D eigenvalue weighted by Gasteiger charge is 2.36. The predicted molar refractivity (Wildman–Crippen MR) is 184 cm³/mol. The van der Waals surface area contributed by atoms with Gasteiger partial charge in [-0.2, -0.15) is 5.26 Å². The van der Waals surface area contributed by atoms with Gasteiger partial charge in [0, 0.05) is 22.1 Å². The third-order valence-corrected chi connectivity index (χ3v) is 9.15. The molecule has 0 N–H and O–H groups in total. The molecule has 0 radical (unpaired) electrons. The van der Waals surface area contributed by atoms with Gasteiger partial charge in [0.25, 0.3) is 0 Å². The molecule has 0 bridgehead atoms. The molecule has 0 saturated carbocycles. The Kier molecular flexibility index (Phi) is 6.18. The summed E-state index contributed by atoms with van der Waals surface area (Å²) in [7, 11) is 0. The van der Waals surface area contributed by atoms with Crippen LogP contribution in [-0.2, 0) is 5.41 Å². The van der Waals surface area contributed by atoms with Crippen LogP contribution in [0.25, 0.3) is 66.9 Å². The molecule has 0 aliphatic heterocycles. The maximum atomic E-state index is 9.65. The molecule has 3 nitrogen and oxygen atoms in total. The van der Waals surface area contributed by atoms with Gasteiger partial charge in [-0.25, -0.2) is 9.97 Å². The van der Waals surface area contributed by atoms with Crippen LogP contribution in [0.1, 0.15) is 30.5 Å². The molecule has 1 aliphatic rings. The fourth-order valence-electron chi connectivity index (χ4n) is 6.83. The molecule has 6 aromatic carbocycles. The molecule has 1 heterocycles. The van der Waals surface area contributed by atoms with E-state index >= 15 is 0 Å². The number of fused-ring (bicyclic) bond motifs is 4. The number of nitriles is 1. The van der Waals surface area contributed by atoms with E-state index in [1.807, 2.05) is 30.3 Å². The highest BCUT2D eigenvalue weighted by atomic mass is 14.9. The summed E-state index contributed by atoms with van der Waals surface area (Å²) >= 11 is 0. The quantitative estimate of drug-likeness (QED) is 0.210. The molecule has 8 rings (SSSR count). The second kappa shape index (κ2) is 10.4. The number of benzene rings is 6. The lowest BCUT2D eigenvalue weighted by atomic mass is 9.82. The lowest BCUT2D eigenvalue weighted by molar-refractivity contribution is 0.660. The van der Waals surface area contributed by atoms with E-state index in [0.717, 1.165) is 50.0 Å². The number of hydrogen-bond donors (Lipinski definition) is 0. The average Bonchev–Trinajstić information content (AvgIpc) is 3.34. The van der Waals surface area contributed by atoms with Crippen LogP contribution in [-0.4, -0.2) is 9.97 Å². The van der Waals surface area contributed by atoms with Crippen molar-refractivity contribution in [1.82, 2.24) is 9.97 Å². The molecular formula is C42H29N3. The third kappa shape index (κ3) is 4.42. The molecule has 0 fully saturated rings. The maximum absolute atomic E-state index is 9.65. The predicted octanol–water partition coefficient (Wildman–Crippen LogP) is 10.5. The fraction of sp³-hybridized carbons (Fsp3) is 0.0714. The van der Waals surface area contributed by atoms with Crippen molar-refractivity contribution < 1.29 is 0 Å². The van der Waals surface area contributed by atoms with Crippen LogP contribution in [0, 0.1) is 11.3 Å². The van der Waals surface area contributed by atoms with Crippen LogP contribution in [0.2, 0.25) is 0 Å². The standard InChI is InChI=1S/C42H29N3/c1-42(2)36-23-18-27(26-43)24-35(36)40-33(15-9-17-37(40)42)29-19-21-31(22-20-29)39-25-38(30-11-4-3-5-12-30)44-41(45-39)34-16-8-13-28-10-6-7-14-32(28)34/h3-25H,1-2H3. The summed E-state index contributed by atoms with van der Waals surface area (Å²) in [6.07, 6.45) is 0. The zero-order valence-electron chi connectivity index (χ0n) is 25.1. The zero-order chi connectivity index (χ0) is 30.5. The Morgan fingerprint density at radius 1 is 0.533 bits per heavy atom. The minimum absolute atomic E-state index is 0.137. The van der Waals surface area contributed by atoms with Gasteiger partial charge in [0.05, 0.1) is 23.0 Å². The van der Waals surface area contributed by atoms with Gasteiger partial charge in [0.2, 0.25) is 0 Å². The summed E-state index contributed by atoms with van der Waals surface area (Å²) in [5.74, 6) is 0.709. The van der Waals surface area contributed by atoms with Crippen LogP contribution in [0.15, 0.2) is 140 Å². The van der Waals surface area contributed by atoms with Crippen LogP contribution >= 0.6 is 0 Å². The molecule has 45 heavy (non-hydrogen) atoms. The first-order valence-electron chi connectivity index (χ1n) is 15.2. The molecule has 0 amide bonds. The van der Waals surface area contributed by atoms with Crippen LogP contribution in [0.5, 0.6) is 0 Å². The van der Waals surface area contributed by atoms with E-state index in [1.54, 1.807) is 0 Å². The number of aromatic nitrogens is 2. The van der Waals surface area contributed by atoms with Gasteiger partial charge in [-0.15, -0.1) is 0 Å². The largest absolute Gasteiger partial charge is 0.228 e. The van der Waals surface area contributed by atoms with Crippen molar-refractivity contribution in [2.75, 3.05) is 0 Å². The van der Waals surface area contributed by atoms with Crippen LogP contribution < -0.4 is 0 Å². The fourth-order valence-corrected chi connectivity index (χ4v) is 6.83. The van der Waals surface area contributed by atoms with Crippen molar-refractivity contribution in [2.24, 2.45) is 0 Å². The smallest absolute Gasteiger partial charge is 0.161 e. The van der Waals surface area contributed by atoms with Crippen molar-refractivity contribution in [1.29, 1.82) is 5.26 Å². The van der Waals surface area contributed by atoms with E-state index in [9.17, 15) is 5.26 Å². The Morgan fingerprint density at radius 3 is 1.96 bits per heavy atom. The Morgan fingerprint density at radius 2 is 1.18 bits per heavy atom. The minimum atomic E-state index is -0.137. The van der Waals surface area contributed by atoms with Crippen molar-refractivity contribution in [3.8, 4) is 62.2 Å². The lowest BCUT2D eigenvalue weighted by Gasteiger charge is -2.21. The molecule has 0 spiro atoms. The molecule has 212 valence electrons. The minimum Gasteiger partial charge on any atom is -0.228 e. The molecular weight excluding hydrogens is 546 g/mol. The summed E-state index contributed by atoms with van der Waals surface area (Å²) in [5, 5.41) is 11.9. The molecule has 1 aromatic heterocycles. The summed E-state index contributed by atoms with van der Waals surface area (Å²) in [6, 6.07) is 50.7. The van der Waals surface area contributed by atoms with E-state index in [-0.39, 0.29) is 5.41 Å². The average molecular weight is 576 g/mol. The topological polar surface area (TPSA) is 49.6 Å². The highest BCUT2D eigenvalue weighted by Crippen LogP contribution is 2.52. The Bertz CT molecular complexity index is 2290. The van der Waals surface area contributed by atoms with E-state index in [0.29, 0.717) is 11.4 Å². The van der Waals surface area contributed by atoms with Gasteiger partial charge in [0.1, 0.15) is 0 Å².